The van der Waals surface area contributed by atoms with Gasteiger partial charge in [-0.15, -0.1) is 13.2 Å². The van der Waals surface area contributed by atoms with Gasteiger partial charge in [0.2, 0.25) is 0 Å². The molecule has 0 saturated heterocycles. The Morgan fingerprint density at radius 2 is 1.00 bits per heavy atom. The lowest BCUT2D eigenvalue weighted by Gasteiger charge is -2.26. The highest BCUT2D eigenvalue weighted by atomic mass is 16.5. The maximum atomic E-state index is 5.52. The lowest BCUT2D eigenvalue weighted by Crippen LogP contribution is -2.10. The second kappa shape index (κ2) is 12.7. The average molecular weight is 428 g/mol. The fourth-order valence-corrected chi connectivity index (χ4v) is 3.48. The van der Waals surface area contributed by atoms with E-state index >= 15 is 0 Å². The Bertz CT molecular complexity index is 900. The van der Waals surface area contributed by atoms with E-state index < -0.39 is 0 Å². The molecule has 3 aromatic carbocycles. The number of hydrogen-bond acceptors (Lipinski definition) is 3. The minimum atomic E-state index is 0.593. The third-order valence-electron chi connectivity index (χ3n) is 5.22. The van der Waals surface area contributed by atoms with Crippen molar-refractivity contribution in [3.63, 3.8) is 0 Å². The van der Waals surface area contributed by atoms with E-state index in [1.54, 1.807) is 12.2 Å². The van der Waals surface area contributed by atoms with Crippen LogP contribution in [0.25, 0.3) is 0 Å². The van der Waals surface area contributed by atoms with E-state index in [4.69, 9.17) is 9.47 Å². The molecule has 0 atom stereocenters. The Labute approximate surface area is 192 Å². The van der Waals surface area contributed by atoms with Gasteiger partial charge in [-0.3, -0.25) is 0 Å². The Hall–Kier alpha value is -3.14. The third kappa shape index (κ3) is 6.94. The molecule has 3 nitrogen and oxygen atoms in total. The molecule has 3 heteroatoms. The fourth-order valence-electron chi connectivity index (χ4n) is 3.48. The zero-order valence-electron chi connectivity index (χ0n) is 19.0. The van der Waals surface area contributed by atoms with Crippen molar-refractivity contribution in [2.75, 3.05) is 31.3 Å². The minimum absolute atomic E-state index is 0.593. The molecule has 0 N–H and O–H groups in total. The molecule has 0 amide bonds. The second-order valence-corrected chi connectivity index (χ2v) is 7.73. The van der Waals surface area contributed by atoms with Crippen LogP contribution < -0.4 is 4.90 Å². The Morgan fingerprint density at radius 1 is 0.625 bits per heavy atom. The summed E-state index contributed by atoms with van der Waals surface area (Å²) in [6.45, 7) is 12.1. The minimum Gasteiger partial charge on any atom is -0.377 e. The molecule has 0 saturated carbocycles. The first-order valence-corrected chi connectivity index (χ1v) is 11.1. The number of rotatable bonds is 13. The van der Waals surface area contributed by atoms with Gasteiger partial charge in [0.1, 0.15) is 0 Å². The van der Waals surface area contributed by atoms with E-state index in [0.717, 1.165) is 29.9 Å². The van der Waals surface area contributed by atoms with Crippen molar-refractivity contribution in [1.82, 2.24) is 0 Å². The summed E-state index contributed by atoms with van der Waals surface area (Å²) in [5.74, 6) is 0. The molecule has 0 spiro atoms. The quantitative estimate of drug-likeness (QED) is 0.217. The second-order valence-electron chi connectivity index (χ2n) is 7.73. The van der Waals surface area contributed by atoms with E-state index in [1.165, 1.54) is 16.7 Å². The SMILES string of the molecule is C=CCOCCc1ccc(N(c2ccc(C)cc2)c2ccc(CCOCC=C)cc2)cc1. The van der Waals surface area contributed by atoms with Gasteiger partial charge in [-0.1, -0.05) is 54.1 Å². The van der Waals surface area contributed by atoms with Gasteiger partial charge in [-0.05, 0) is 67.3 Å². The van der Waals surface area contributed by atoms with E-state index in [0.29, 0.717) is 26.4 Å². The van der Waals surface area contributed by atoms with E-state index in [9.17, 15) is 0 Å². The lowest BCUT2D eigenvalue weighted by molar-refractivity contribution is 0.166. The molecule has 32 heavy (non-hydrogen) atoms. The van der Waals surface area contributed by atoms with Crippen LogP contribution in [0.2, 0.25) is 0 Å². The van der Waals surface area contributed by atoms with Crippen molar-refractivity contribution in [3.05, 3.63) is 115 Å². The first-order chi connectivity index (χ1) is 15.7. The van der Waals surface area contributed by atoms with Crippen molar-refractivity contribution in [2.24, 2.45) is 0 Å². The molecule has 0 fully saturated rings. The van der Waals surface area contributed by atoms with Crippen LogP contribution in [0.15, 0.2) is 98.1 Å². The molecule has 166 valence electrons. The van der Waals surface area contributed by atoms with Crippen LogP contribution in [0.3, 0.4) is 0 Å². The molecule has 3 aromatic rings. The van der Waals surface area contributed by atoms with Gasteiger partial charge in [0.25, 0.3) is 0 Å². The van der Waals surface area contributed by atoms with Gasteiger partial charge in [0.05, 0.1) is 26.4 Å². The van der Waals surface area contributed by atoms with Crippen LogP contribution in [-0.2, 0) is 22.3 Å². The van der Waals surface area contributed by atoms with Gasteiger partial charge < -0.3 is 14.4 Å². The van der Waals surface area contributed by atoms with Gasteiger partial charge in [-0.2, -0.15) is 0 Å². The van der Waals surface area contributed by atoms with E-state index in [2.05, 4.69) is 97.8 Å². The summed E-state index contributed by atoms with van der Waals surface area (Å²) in [6, 6.07) is 26.1. The predicted molar refractivity (Wildman–Crippen MR) is 135 cm³/mol. The Kier molecular flexibility index (Phi) is 9.30. The first-order valence-electron chi connectivity index (χ1n) is 11.1. The molecule has 0 aromatic heterocycles. The number of aryl methyl sites for hydroxylation is 1. The summed E-state index contributed by atoms with van der Waals surface area (Å²) in [5.41, 5.74) is 7.17. The number of anilines is 3. The van der Waals surface area contributed by atoms with Crippen molar-refractivity contribution in [3.8, 4) is 0 Å². The predicted octanol–water partition coefficient (Wildman–Crippen LogP) is 6.96. The third-order valence-corrected chi connectivity index (χ3v) is 5.22. The summed E-state index contributed by atoms with van der Waals surface area (Å²) in [6.07, 6.45) is 5.34. The largest absolute Gasteiger partial charge is 0.377 e. The maximum absolute atomic E-state index is 5.52. The highest BCUT2D eigenvalue weighted by Crippen LogP contribution is 2.34. The van der Waals surface area contributed by atoms with Crippen molar-refractivity contribution in [2.45, 2.75) is 19.8 Å². The average Bonchev–Trinajstić information content (AvgIpc) is 2.83. The first kappa shape index (κ1) is 23.5. The fraction of sp³-hybridized carbons (Fsp3) is 0.241. The topological polar surface area (TPSA) is 21.7 Å². The molecule has 0 unspecified atom stereocenters. The molecule has 0 aliphatic heterocycles. The van der Waals surface area contributed by atoms with Crippen LogP contribution in [0.4, 0.5) is 17.1 Å². The molecule has 0 bridgehead atoms. The van der Waals surface area contributed by atoms with Crippen LogP contribution in [-0.4, -0.2) is 26.4 Å². The standard InChI is InChI=1S/C29H33NO2/c1-4-20-31-22-18-25-8-14-28(15-9-25)30(27-12-6-24(3)7-13-27)29-16-10-26(11-17-29)19-23-32-21-5-2/h4-17H,1-2,18-23H2,3H3. The monoisotopic (exact) mass is 427 g/mol. The summed E-state index contributed by atoms with van der Waals surface area (Å²) < 4.78 is 11.0. The highest BCUT2D eigenvalue weighted by Gasteiger charge is 2.12. The zero-order chi connectivity index (χ0) is 22.6. The van der Waals surface area contributed by atoms with Gasteiger partial charge >= 0.3 is 0 Å². The van der Waals surface area contributed by atoms with Crippen molar-refractivity contribution >= 4 is 17.1 Å². The number of nitrogens with zero attached hydrogens (tertiary/aromatic N) is 1. The summed E-state index contributed by atoms with van der Waals surface area (Å²) >= 11 is 0. The molecule has 0 radical (unpaired) electrons. The molecule has 0 aliphatic rings. The summed E-state index contributed by atoms with van der Waals surface area (Å²) in [4.78, 5) is 2.29. The van der Waals surface area contributed by atoms with Gasteiger partial charge in [-0.25, -0.2) is 0 Å². The molecule has 3 rings (SSSR count). The molecule has 0 heterocycles. The molecular weight excluding hydrogens is 394 g/mol. The molecule has 0 aliphatic carbocycles. The van der Waals surface area contributed by atoms with Crippen LogP contribution in [0.5, 0.6) is 0 Å². The van der Waals surface area contributed by atoms with Gasteiger partial charge in [0.15, 0.2) is 0 Å². The Balaban J connectivity index is 1.79. The maximum Gasteiger partial charge on any atom is 0.0644 e. The number of hydrogen-bond donors (Lipinski definition) is 0. The smallest absolute Gasteiger partial charge is 0.0644 e. The van der Waals surface area contributed by atoms with Gasteiger partial charge in [0, 0.05) is 17.1 Å². The van der Waals surface area contributed by atoms with Crippen LogP contribution in [0.1, 0.15) is 16.7 Å². The summed E-state index contributed by atoms with van der Waals surface area (Å²) in [7, 11) is 0. The summed E-state index contributed by atoms with van der Waals surface area (Å²) in [5, 5.41) is 0. The zero-order valence-corrected chi connectivity index (χ0v) is 19.0. The van der Waals surface area contributed by atoms with E-state index in [1.807, 2.05) is 0 Å². The van der Waals surface area contributed by atoms with Crippen molar-refractivity contribution in [1.29, 1.82) is 0 Å². The number of benzene rings is 3. The normalized spacial score (nSPS) is 10.7. The lowest BCUT2D eigenvalue weighted by atomic mass is 10.1. The van der Waals surface area contributed by atoms with Crippen LogP contribution in [0, 0.1) is 6.92 Å². The molecular formula is C29H33NO2. The van der Waals surface area contributed by atoms with E-state index in [-0.39, 0.29) is 0 Å². The Morgan fingerprint density at radius 3 is 1.38 bits per heavy atom. The van der Waals surface area contributed by atoms with Crippen LogP contribution >= 0.6 is 0 Å². The van der Waals surface area contributed by atoms with Crippen molar-refractivity contribution < 1.29 is 9.47 Å². The number of ether oxygens (including phenoxy) is 2. The highest BCUT2D eigenvalue weighted by molar-refractivity contribution is 5.76.